The molecule has 0 amide bonds. The molecule has 0 saturated heterocycles. The number of carbonyl (C=O) groups is 2. The summed E-state index contributed by atoms with van der Waals surface area (Å²) < 4.78 is 4.80. The predicted octanol–water partition coefficient (Wildman–Crippen LogP) is 3.55. The van der Waals surface area contributed by atoms with Crippen molar-refractivity contribution in [3.63, 3.8) is 0 Å². The van der Waals surface area contributed by atoms with Gasteiger partial charge in [0.25, 0.3) is 5.78 Å². The molecule has 1 aromatic rings. The van der Waals surface area contributed by atoms with Gasteiger partial charge in [-0.05, 0) is 37.3 Å². The molecule has 1 aliphatic carbocycles. The van der Waals surface area contributed by atoms with Gasteiger partial charge in [0, 0.05) is 25.3 Å². The number of anilines is 1. The summed E-state index contributed by atoms with van der Waals surface area (Å²) in [5.41, 5.74) is 2.72. The molecule has 0 aromatic heterocycles. The monoisotopic (exact) mass is 303 g/mol. The second-order valence-electron chi connectivity index (χ2n) is 6.05. The summed E-state index contributed by atoms with van der Waals surface area (Å²) in [6.07, 6.45) is 6.24. The third-order valence-corrected chi connectivity index (χ3v) is 4.28. The molecule has 1 fully saturated rings. The Kier molecular flexibility index (Phi) is 5.58. The lowest BCUT2D eigenvalue weighted by atomic mass is 9.82. The molecular formula is C18H25NO3. The summed E-state index contributed by atoms with van der Waals surface area (Å²) in [4.78, 5) is 25.7. The Morgan fingerprint density at radius 2 is 1.86 bits per heavy atom. The number of carbonyl (C=O) groups excluding carboxylic acids is 2. The zero-order valence-electron chi connectivity index (χ0n) is 13.7. The van der Waals surface area contributed by atoms with Crippen LogP contribution in [0.1, 0.15) is 60.9 Å². The van der Waals surface area contributed by atoms with Crippen LogP contribution in [0.5, 0.6) is 0 Å². The highest BCUT2D eigenvalue weighted by Gasteiger charge is 2.23. The molecule has 2 rings (SSSR count). The standard InChI is InChI=1S/C18H25NO3/c1-4-22-18(21)17(20)14-10-11-15(16(12-14)19(2)3)13-8-6-5-7-9-13/h10-13H,4-9H2,1-3H3. The Bertz CT molecular complexity index is 545. The molecule has 0 unspecified atom stereocenters. The van der Waals surface area contributed by atoms with Gasteiger partial charge in [-0.3, -0.25) is 4.79 Å². The third kappa shape index (κ3) is 3.67. The maximum Gasteiger partial charge on any atom is 0.379 e. The van der Waals surface area contributed by atoms with Gasteiger partial charge in [-0.25, -0.2) is 4.79 Å². The SMILES string of the molecule is CCOC(=O)C(=O)c1ccc(C2CCCCC2)c(N(C)C)c1. The molecule has 22 heavy (non-hydrogen) atoms. The highest BCUT2D eigenvalue weighted by Crippen LogP contribution is 2.37. The van der Waals surface area contributed by atoms with Gasteiger partial charge in [-0.15, -0.1) is 0 Å². The summed E-state index contributed by atoms with van der Waals surface area (Å²) in [6, 6.07) is 5.59. The molecule has 4 nitrogen and oxygen atoms in total. The molecule has 0 atom stereocenters. The number of esters is 1. The molecule has 0 radical (unpaired) electrons. The van der Waals surface area contributed by atoms with Gasteiger partial charge >= 0.3 is 5.97 Å². The average molecular weight is 303 g/mol. The van der Waals surface area contributed by atoms with Crippen molar-refractivity contribution in [3.05, 3.63) is 29.3 Å². The first-order chi connectivity index (χ1) is 10.5. The molecule has 120 valence electrons. The van der Waals surface area contributed by atoms with Crippen LogP contribution in [0, 0.1) is 0 Å². The maximum atomic E-state index is 12.1. The fourth-order valence-electron chi connectivity index (χ4n) is 3.15. The largest absolute Gasteiger partial charge is 0.460 e. The summed E-state index contributed by atoms with van der Waals surface area (Å²) in [5, 5.41) is 0. The number of Topliss-reactive ketones (excluding diaryl/α,β-unsaturated/α-hetero) is 1. The molecule has 4 heteroatoms. The molecule has 0 heterocycles. The van der Waals surface area contributed by atoms with Gasteiger partial charge < -0.3 is 9.64 Å². The van der Waals surface area contributed by atoms with Crippen LogP contribution in [-0.4, -0.2) is 32.5 Å². The number of ketones is 1. The van der Waals surface area contributed by atoms with E-state index in [1.807, 2.05) is 31.1 Å². The fraction of sp³-hybridized carbons (Fsp3) is 0.556. The van der Waals surface area contributed by atoms with Gasteiger partial charge in [-0.1, -0.05) is 31.4 Å². The zero-order valence-corrected chi connectivity index (χ0v) is 13.7. The van der Waals surface area contributed by atoms with Crippen LogP contribution in [0.2, 0.25) is 0 Å². The van der Waals surface area contributed by atoms with Crippen LogP contribution in [-0.2, 0) is 9.53 Å². The molecule has 0 aliphatic heterocycles. The third-order valence-electron chi connectivity index (χ3n) is 4.28. The van der Waals surface area contributed by atoms with E-state index in [-0.39, 0.29) is 6.61 Å². The van der Waals surface area contributed by atoms with Crippen molar-refractivity contribution in [1.82, 2.24) is 0 Å². The maximum absolute atomic E-state index is 12.1. The molecule has 0 spiro atoms. The molecular weight excluding hydrogens is 278 g/mol. The van der Waals surface area contributed by atoms with E-state index >= 15 is 0 Å². The van der Waals surface area contributed by atoms with Gasteiger partial charge in [0.15, 0.2) is 0 Å². The molecule has 1 aromatic carbocycles. The summed E-state index contributed by atoms with van der Waals surface area (Å²) in [6.45, 7) is 1.91. The van der Waals surface area contributed by atoms with E-state index in [1.165, 1.54) is 37.7 Å². The number of ether oxygens (including phenoxy) is 1. The van der Waals surface area contributed by atoms with E-state index in [9.17, 15) is 9.59 Å². The van der Waals surface area contributed by atoms with Crippen molar-refractivity contribution in [2.24, 2.45) is 0 Å². The lowest BCUT2D eigenvalue weighted by Gasteiger charge is -2.27. The van der Waals surface area contributed by atoms with Gasteiger partial charge in [0.05, 0.1) is 6.61 Å². The van der Waals surface area contributed by atoms with Gasteiger partial charge in [-0.2, -0.15) is 0 Å². The highest BCUT2D eigenvalue weighted by molar-refractivity contribution is 6.40. The van der Waals surface area contributed by atoms with E-state index in [2.05, 4.69) is 0 Å². The van der Waals surface area contributed by atoms with Crippen molar-refractivity contribution >= 4 is 17.4 Å². The minimum absolute atomic E-state index is 0.214. The lowest BCUT2D eigenvalue weighted by molar-refractivity contribution is -0.137. The topological polar surface area (TPSA) is 46.6 Å². The first-order valence-corrected chi connectivity index (χ1v) is 8.07. The Hall–Kier alpha value is -1.84. The number of hydrogen-bond acceptors (Lipinski definition) is 4. The Labute approximate surface area is 132 Å². The number of benzene rings is 1. The second kappa shape index (κ2) is 7.43. The smallest absolute Gasteiger partial charge is 0.379 e. The van der Waals surface area contributed by atoms with Gasteiger partial charge in [0.2, 0.25) is 0 Å². The second-order valence-corrected chi connectivity index (χ2v) is 6.05. The van der Waals surface area contributed by atoms with Crippen molar-refractivity contribution in [3.8, 4) is 0 Å². The minimum Gasteiger partial charge on any atom is -0.460 e. The Balaban J connectivity index is 2.30. The van der Waals surface area contributed by atoms with Crippen LogP contribution >= 0.6 is 0 Å². The Morgan fingerprint density at radius 3 is 2.45 bits per heavy atom. The average Bonchev–Trinajstić information content (AvgIpc) is 2.54. The Morgan fingerprint density at radius 1 is 1.18 bits per heavy atom. The predicted molar refractivity (Wildman–Crippen MR) is 87.6 cm³/mol. The number of nitrogens with zero attached hydrogens (tertiary/aromatic N) is 1. The van der Waals surface area contributed by atoms with Gasteiger partial charge in [0.1, 0.15) is 0 Å². The summed E-state index contributed by atoms with van der Waals surface area (Å²) in [5.74, 6) is -0.796. The van der Waals surface area contributed by atoms with Crippen LogP contribution in [0.3, 0.4) is 0 Å². The summed E-state index contributed by atoms with van der Waals surface area (Å²) >= 11 is 0. The van der Waals surface area contributed by atoms with Crippen molar-refractivity contribution in [1.29, 1.82) is 0 Å². The highest BCUT2D eigenvalue weighted by atomic mass is 16.5. The van der Waals surface area contributed by atoms with E-state index in [0.717, 1.165) is 5.69 Å². The molecule has 1 saturated carbocycles. The van der Waals surface area contributed by atoms with E-state index < -0.39 is 11.8 Å². The van der Waals surface area contributed by atoms with E-state index in [1.54, 1.807) is 13.0 Å². The van der Waals surface area contributed by atoms with Crippen LogP contribution < -0.4 is 4.90 Å². The summed E-state index contributed by atoms with van der Waals surface area (Å²) in [7, 11) is 3.95. The minimum atomic E-state index is -0.780. The van der Waals surface area contributed by atoms with Crippen LogP contribution in [0.15, 0.2) is 18.2 Å². The normalized spacial score (nSPS) is 15.4. The van der Waals surface area contributed by atoms with Crippen LogP contribution in [0.25, 0.3) is 0 Å². The van der Waals surface area contributed by atoms with E-state index in [0.29, 0.717) is 11.5 Å². The first-order valence-electron chi connectivity index (χ1n) is 8.07. The molecule has 0 bridgehead atoms. The molecule has 0 N–H and O–H groups in total. The zero-order chi connectivity index (χ0) is 16.1. The molecule has 1 aliphatic rings. The van der Waals surface area contributed by atoms with Crippen LogP contribution in [0.4, 0.5) is 5.69 Å². The fourth-order valence-corrected chi connectivity index (χ4v) is 3.15. The lowest BCUT2D eigenvalue weighted by Crippen LogP contribution is -2.20. The first kappa shape index (κ1) is 16.5. The van der Waals surface area contributed by atoms with Crippen molar-refractivity contribution < 1.29 is 14.3 Å². The van der Waals surface area contributed by atoms with E-state index in [4.69, 9.17) is 4.74 Å². The number of hydrogen-bond donors (Lipinski definition) is 0. The quantitative estimate of drug-likeness (QED) is 0.474. The van der Waals surface area contributed by atoms with Crippen molar-refractivity contribution in [2.75, 3.05) is 25.6 Å². The van der Waals surface area contributed by atoms with Crippen molar-refractivity contribution in [2.45, 2.75) is 44.9 Å². The number of rotatable bonds is 5.